The van der Waals surface area contributed by atoms with Crippen LogP contribution in [-0.2, 0) is 16.6 Å². The molecule has 0 fully saturated rings. The molecule has 4 rings (SSSR count). The predicted octanol–water partition coefficient (Wildman–Crippen LogP) is 3.95. The van der Waals surface area contributed by atoms with Crippen molar-refractivity contribution in [3.05, 3.63) is 77.1 Å². The molecule has 1 aliphatic rings. The Morgan fingerprint density at radius 1 is 1.00 bits per heavy atom. The largest absolute Gasteiger partial charge is 0.497 e. The maximum atomic E-state index is 13.8. The fourth-order valence-corrected chi connectivity index (χ4v) is 5.59. The Labute approximate surface area is 175 Å². The normalized spacial score (nSPS) is 17.0. The highest BCUT2D eigenvalue weighted by atomic mass is 35.5. The maximum Gasteiger partial charge on any atom is 0.247 e. The van der Waals surface area contributed by atoms with Crippen LogP contribution in [0.4, 0.5) is 0 Å². The number of benzene rings is 2. The number of halogens is 1. The molecule has 0 N–H and O–H groups in total. The summed E-state index contributed by atoms with van der Waals surface area (Å²) in [5.74, 6) is 0.731. The van der Waals surface area contributed by atoms with E-state index in [1.165, 1.54) is 24.6 Å². The van der Waals surface area contributed by atoms with Gasteiger partial charge in [-0.15, -0.1) is 0 Å². The highest BCUT2D eigenvalue weighted by molar-refractivity contribution is 7.89. The molecule has 1 aliphatic heterocycles. The van der Waals surface area contributed by atoms with Gasteiger partial charge in [0.05, 0.1) is 20.3 Å². The first kappa shape index (κ1) is 19.8. The van der Waals surface area contributed by atoms with Gasteiger partial charge in [0, 0.05) is 36.1 Å². The number of hydrogen-bond donors (Lipinski definition) is 0. The van der Waals surface area contributed by atoms with Crippen molar-refractivity contribution in [3.8, 4) is 11.5 Å². The molecule has 8 heteroatoms. The van der Waals surface area contributed by atoms with Crippen molar-refractivity contribution in [3.63, 3.8) is 0 Å². The molecule has 1 atom stereocenters. The van der Waals surface area contributed by atoms with Gasteiger partial charge in [0.15, 0.2) is 0 Å². The second-order valence-electron chi connectivity index (χ2n) is 6.71. The van der Waals surface area contributed by atoms with E-state index in [2.05, 4.69) is 4.57 Å². The van der Waals surface area contributed by atoms with Crippen molar-refractivity contribution in [2.24, 2.45) is 0 Å². The first-order valence-electron chi connectivity index (χ1n) is 9.10. The van der Waals surface area contributed by atoms with Crippen molar-refractivity contribution >= 4 is 21.6 Å². The van der Waals surface area contributed by atoms with Crippen molar-refractivity contribution in [1.29, 1.82) is 0 Å². The molecule has 6 nitrogen and oxygen atoms in total. The van der Waals surface area contributed by atoms with E-state index in [1.807, 2.05) is 30.5 Å². The van der Waals surface area contributed by atoms with Crippen molar-refractivity contribution in [2.45, 2.75) is 17.5 Å². The van der Waals surface area contributed by atoms with Gasteiger partial charge >= 0.3 is 0 Å². The minimum absolute atomic E-state index is 0.0818. The molecule has 2 heterocycles. The molecule has 0 saturated carbocycles. The lowest BCUT2D eigenvalue weighted by atomic mass is 10.0. The molecule has 3 aromatic rings. The monoisotopic (exact) mass is 432 g/mol. The Morgan fingerprint density at radius 3 is 2.45 bits per heavy atom. The summed E-state index contributed by atoms with van der Waals surface area (Å²) in [5.41, 5.74) is 1.75. The highest BCUT2D eigenvalue weighted by Crippen LogP contribution is 2.39. The van der Waals surface area contributed by atoms with Crippen molar-refractivity contribution in [1.82, 2.24) is 8.87 Å². The molecule has 29 heavy (non-hydrogen) atoms. The van der Waals surface area contributed by atoms with E-state index < -0.39 is 16.1 Å². The summed E-state index contributed by atoms with van der Waals surface area (Å²) < 4.78 is 41.7. The number of rotatable bonds is 5. The number of hydrogen-bond acceptors (Lipinski definition) is 4. The van der Waals surface area contributed by atoms with E-state index in [9.17, 15) is 8.42 Å². The van der Waals surface area contributed by atoms with E-state index in [4.69, 9.17) is 21.1 Å². The molecular formula is C21H21ClN2O4S. The third kappa shape index (κ3) is 3.50. The quantitative estimate of drug-likeness (QED) is 0.612. The van der Waals surface area contributed by atoms with Crippen molar-refractivity contribution < 1.29 is 17.9 Å². The first-order valence-corrected chi connectivity index (χ1v) is 10.9. The van der Waals surface area contributed by atoms with Crippen LogP contribution in [0, 0.1) is 0 Å². The smallest absolute Gasteiger partial charge is 0.247 e. The molecule has 2 aromatic carbocycles. The van der Waals surface area contributed by atoms with E-state index in [0.717, 1.165) is 11.3 Å². The summed E-state index contributed by atoms with van der Waals surface area (Å²) in [6, 6.07) is 15.5. The number of nitrogens with zero attached hydrogens (tertiary/aromatic N) is 2. The van der Waals surface area contributed by atoms with E-state index in [-0.39, 0.29) is 10.6 Å². The summed E-state index contributed by atoms with van der Waals surface area (Å²) in [6.07, 6.45) is 1.97. The van der Waals surface area contributed by atoms with Gasteiger partial charge in [-0.3, -0.25) is 0 Å². The number of ether oxygens (including phenoxy) is 2. The average molecular weight is 433 g/mol. The van der Waals surface area contributed by atoms with Crippen LogP contribution < -0.4 is 9.47 Å². The van der Waals surface area contributed by atoms with Gasteiger partial charge in [-0.25, -0.2) is 8.42 Å². The second-order valence-corrected chi connectivity index (χ2v) is 9.01. The Kier molecular flexibility index (Phi) is 5.29. The van der Waals surface area contributed by atoms with Gasteiger partial charge in [-0.2, -0.15) is 4.31 Å². The van der Waals surface area contributed by atoms with E-state index in [1.54, 1.807) is 24.3 Å². The number of aromatic nitrogens is 1. The summed E-state index contributed by atoms with van der Waals surface area (Å²) in [6.45, 7) is 0.898. The minimum Gasteiger partial charge on any atom is -0.497 e. The zero-order chi connectivity index (χ0) is 20.6. The average Bonchev–Trinajstić information content (AvgIpc) is 3.22. The van der Waals surface area contributed by atoms with Crippen LogP contribution in [0.5, 0.6) is 11.5 Å². The van der Waals surface area contributed by atoms with Crippen LogP contribution in [-0.4, -0.2) is 38.1 Å². The third-order valence-corrected chi connectivity index (χ3v) is 7.27. The topological polar surface area (TPSA) is 60.8 Å². The summed E-state index contributed by atoms with van der Waals surface area (Å²) >= 11 is 6.06. The Bertz CT molecular complexity index is 1130. The SMILES string of the molecule is COc1ccc(OC)c(S(=O)(=O)N2CCn3cccc3[C@@H]2c2ccc(Cl)cc2)c1. The zero-order valence-corrected chi connectivity index (χ0v) is 17.7. The summed E-state index contributed by atoms with van der Waals surface area (Å²) in [5, 5.41) is 0.601. The third-order valence-electron chi connectivity index (χ3n) is 5.14. The predicted molar refractivity (Wildman–Crippen MR) is 111 cm³/mol. The molecule has 152 valence electrons. The second kappa shape index (κ2) is 7.74. The highest BCUT2D eigenvalue weighted by Gasteiger charge is 2.39. The van der Waals surface area contributed by atoms with E-state index in [0.29, 0.717) is 23.9 Å². The van der Waals surface area contributed by atoms with Crippen LogP contribution in [0.1, 0.15) is 17.3 Å². The van der Waals surface area contributed by atoms with Gasteiger partial charge < -0.3 is 14.0 Å². The van der Waals surface area contributed by atoms with Gasteiger partial charge in [-0.1, -0.05) is 23.7 Å². The standard InChI is InChI=1S/C21H21ClN2O4S/c1-27-17-9-10-19(28-2)20(14-17)29(25,26)24-13-12-23-11-3-4-18(23)21(24)15-5-7-16(22)8-6-15/h3-11,14,21H,12-13H2,1-2H3/t21-/m0/s1. The van der Waals surface area contributed by atoms with Crippen LogP contribution in [0.15, 0.2) is 65.7 Å². The van der Waals surface area contributed by atoms with Gasteiger partial charge in [0.2, 0.25) is 10.0 Å². The van der Waals surface area contributed by atoms with Gasteiger partial charge in [-0.05, 0) is 42.0 Å². The summed E-state index contributed by atoms with van der Waals surface area (Å²) in [7, 11) is -0.924. The Morgan fingerprint density at radius 2 is 1.76 bits per heavy atom. The van der Waals surface area contributed by atoms with Crippen LogP contribution in [0.2, 0.25) is 5.02 Å². The maximum absolute atomic E-state index is 13.8. The van der Waals surface area contributed by atoms with Gasteiger partial charge in [0.25, 0.3) is 0 Å². The number of methoxy groups -OCH3 is 2. The minimum atomic E-state index is -3.88. The van der Waals surface area contributed by atoms with E-state index >= 15 is 0 Å². The van der Waals surface area contributed by atoms with Crippen molar-refractivity contribution in [2.75, 3.05) is 20.8 Å². The number of sulfonamides is 1. The lowest BCUT2D eigenvalue weighted by Crippen LogP contribution is -2.42. The Balaban J connectivity index is 1.87. The fourth-order valence-electron chi connectivity index (χ4n) is 3.72. The molecular weight excluding hydrogens is 412 g/mol. The molecule has 1 aromatic heterocycles. The number of fused-ring (bicyclic) bond motifs is 1. The van der Waals surface area contributed by atoms with Crippen LogP contribution in [0.3, 0.4) is 0 Å². The molecule has 0 spiro atoms. The Hall–Kier alpha value is -2.48. The first-order chi connectivity index (χ1) is 14.0. The molecule has 0 saturated heterocycles. The summed E-state index contributed by atoms with van der Waals surface area (Å²) in [4.78, 5) is 0.0818. The molecule has 0 aliphatic carbocycles. The molecule has 0 radical (unpaired) electrons. The lowest BCUT2D eigenvalue weighted by Gasteiger charge is -2.36. The zero-order valence-electron chi connectivity index (χ0n) is 16.1. The van der Waals surface area contributed by atoms with Crippen LogP contribution >= 0.6 is 11.6 Å². The lowest BCUT2D eigenvalue weighted by molar-refractivity contribution is 0.296. The van der Waals surface area contributed by atoms with Gasteiger partial charge in [0.1, 0.15) is 16.4 Å². The van der Waals surface area contributed by atoms with Crippen LogP contribution in [0.25, 0.3) is 0 Å². The molecule has 0 bridgehead atoms. The molecule has 0 amide bonds. The molecule has 0 unspecified atom stereocenters. The fraction of sp³-hybridized carbons (Fsp3) is 0.238.